The van der Waals surface area contributed by atoms with Crippen molar-refractivity contribution in [3.05, 3.63) is 16.7 Å². The van der Waals surface area contributed by atoms with E-state index in [1.54, 1.807) is 0 Å². The fourth-order valence-corrected chi connectivity index (χ4v) is 2.52. The van der Waals surface area contributed by atoms with Crippen molar-refractivity contribution in [3.8, 4) is 0 Å². The van der Waals surface area contributed by atoms with Crippen LogP contribution in [0.1, 0.15) is 0 Å². The van der Waals surface area contributed by atoms with Gasteiger partial charge in [-0.3, -0.25) is 9.36 Å². The zero-order chi connectivity index (χ0) is 16.0. The highest BCUT2D eigenvalue weighted by atomic mass is 19.1. The molecule has 0 aromatic carbocycles. The Labute approximate surface area is 123 Å². The molecule has 1 unspecified atom stereocenters. The van der Waals surface area contributed by atoms with E-state index in [-0.39, 0.29) is 23.7 Å². The van der Waals surface area contributed by atoms with E-state index < -0.39 is 36.6 Å². The molecule has 4 N–H and O–H groups in total. The van der Waals surface area contributed by atoms with Crippen molar-refractivity contribution in [3.63, 3.8) is 0 Å². The third-order valence-electron chi connectivity index (χ3n) is 3.85. The van der Waals surface area contributed by atoms with Gasteiger partial charge in [-0.1, -0.05) is 0 Å². The van der Waals surface area contributed by atoms with Crippen LogP contribution in [0.3, 0.4) is 0 Å². The molecule has 0 aliphatic carbocycles. The maximum Gasteiger partial charge on any atom is 0.282 e. The van der Waals surface area contributed by atoms with Crippen molar-refractivity contribution in [1.29, 1.82) is 0 Å². The minimum absolute atomic E-state index is 0.00909. The smallest absolute Gasteiger partial charge is 0.282 e. The largest absolute Gasteiger partial charge is 0.394 e. The van der Waals surface area contributed by atoms with E-state index in [9.17, 15) is 14.3 Å². The number of alkyl halides is 1. The Morgan fingerprint density at radius 3 is 2.86 bits per heavy atom. The van der Waals surface area contributed by atoms with Crippen molar-refractivity contribution in [2.75, 3.05) is 12.3 Å². The number of aliphatic hydroxyl groups is 2. The Kier molecular flexibility index (Phi) is 3.59. The summed E-state index contributed by atoms with van der Waals surface area (Å²) in [6.45, 7) is -0.487. The first kappa shape index (κ1) is 14.9. The SMILES string of the molecule is Cn1c(N)nc2c(ncn2CC2O[C@H](CO)[C@@H](O)[C@H]2F)c1=O. The standard InChI is InChI=1S/C12H16FN5O4/c1-17-11(21)8-10(16-12(17)14)18(4-15-8)2-5-7(13)9(20)6(3-19)22-5/h4-7,9,19-20H,2-3H2,1H3,(H2,14,16)/t5?,6-,7+,9-/m1/s1. The molecule has 1 aliphatic heterocycles. The lowest BCUT2D eigenvalue weighted by molar-refractivity contribution is -0.0257. The van der Waals surface area contributed by atoms with Crippen molar-refractivity contribution in [2.24, 2.45) is 7.05 Å². The summed E-state index contributed by atoms with van der Waals surface area (Å²) in [7, 11) is 1.48. The van der Waals surface area contributed by atoms with E-state index in [1.165, 1.54) is 17.9 Å². The molecular formula is C12H16FN5O4. The Hall–Kier alpha value is -2.04. The number of nitrogens with zero attached hydrogens (tertiary/aromatic N) is 4. The van der Waals surface area contributed by atoms with Crippen LogP contribution in [-0.2, 0) is 18.3 Å². The highest BCUT2D eigenvalue weighted by Gasteiger charge is 2.43. The van der Waals surface area contributed by atoms with Crippen molar-refractivity contribution in [1.82, 2.24) is 19.1 Å². The number of aliphatic hydroxyl groups excluding tert-OH is 2. The fraction of sp³-hybridized carbons (Fsp3) is 0.583. The van der Waals surface area contributed by atoms with Crippen LogP contribution in [0.25, 0.3) is 11.2 Å². The average Bonchev–Trinajstić information content (AvgIpc) is 3.01. The zero-order valence-electron chi connectivity index (χ0n) is 11.8. The lowest BCUT2D eigenvalue weighted by atomic mass is 10.1. The maximum absolute atomic E-state index is 14.0. The van der Waals surface area contributed by atoms with Crippen molar-refractivity contribution < 1.29 is 19.3 Å². The number of nitrogens with two attached hydrogens (primary N) is 1. The van der Waals surface area contributed by atoms with Crippen molar-refractivity contribution >= 4 is 17.1 Å². The molecule has 0 saturated carbocycles. The van der Waals surface area contributed by atoms with E-state index in [0.29, 0.717) is 0 Å². The van der Waals surface area contributed by atoms with E-state index in [2.05, 4.69) is 9.97 Å². The van der Waals surface area contributed by atoms with Gasteiger partial charge in [0.15, 0.2) is 17.3 Å². The number of anilines is 1. The molecule has 22 heavy (non-hydrogen) atoms. The lowest BCUT2D eigenvalue weighted by Crippen LogP contribution is -2.32. The molecule has 0 spiro atoms. The number of nitrogen functional groups attached to an aromatic ring is 1. The summed E-state index contributed by atoms with van der Waals surface area (Å²) in [5.74, 6) is 0.0108. The molecule has 1 saturated heterocycles. The second-order valence-electron chi connectivity index (χ2n) is 5.23. The Balaban J connectivity index is 1.94. The highest BCUT2D eigenvalue weighted by molar-refractivity contribution is 5.70. The number of halogens is 1. The monoisotopic (exact) mass is 313 g/mol. The van der Waals surface area contributed by atoms with Gasteiger partial charge in [0.2, 0.25) is 5.95 Å². The van der Waals surface area contributed by atoms with Gasteiger partial charge in [0.25, 0.3) is 5.56 Å². The van der Waals surface area contributed by atoms with E-state index in [1.807, 2.05) is 0 Å². The number of hydrogen-bond donors (Lipinski definition) is 3. The van der Waals surface area contributed by atoms with Crippen molar-refractivity contribution in [2.45, 2.75) is 31.0 Å². The first-order valence-corrected chi connectivity index (χ1v) is 6.69. The second-order valence-corrected chi connectivity index (χ2v) is 5.23. The minimum Gasteiger partial charge on any atom is -0.394 e. The van der Waals surface area contributed by atoms with E-state index in [4.69, 9.17) is 15.6 Å². The lowest BCUT2D eigenvalue weighted by Gasteiger charge is -2.14. The number of fused-ring (bicyclic) bond motifs is 1. The fourth-order valence-electron chi connectivity index (χ4n) is 2.52. The molecule has 10 heteroatoms. The third-order valence-corrected chi connectivity index (χ3v) is 3.85. The van der Waals surface area contributed by atoms with Gasteiger partial charge >= 0.3 is 0 Å². The van der Waals surface area contributed by atoms with Crippen LogP contribution in [0.5, 0.6) is 0 Å². The number of rotatable bonds is 3. The molecule has 3 heterocycles. The molecule has 9 nitrogen and oxygen atoms in total. The molecule has 0 radical (unpaired) electrons. The normalized spacial score (nSPS) is 28.5. The molecule has 0 amide bonds. The van der Waals surface area contributed by atoms with Gasteiger partial charge in [0, 0.05) is 7.05 Å². The van der Waals surface area contributed by atoms with E-state index >= 15 is 0 Å². The summed E-state index contributed by atoms with van der Waals surface area (Å²) in [6.07, 6.45) is -3.65. The molecule has 4 atom stereocenters. The topological polar surface area (TPSA) is 128 Å². The van der Waals surface area contributed by atoms with Gasteiger partial charge in [-0.05, 0) is 0 Å². The van der Waals surface area contributed by atoms with Crippen LogP contribution < -0.4 is 11.3 Å². The second kappa shape index (κ2) is 5.30. The van der Waals surface area contributed by atoms with Gasteiger partial charge < -0.3 is 25.3 Å². The Morgan fingerprint density at radius 2 is 2.23 bits per heavy atom. The summed E-state index contributed by atoms with van der Waals surface area (Å²) in [5, 5.41) is 18.6. The quantitative estimate of drug-likeness (QED) is 0.608. The Bertz CT molecular complexity index is 760. The van der Waals surface area contributed by atoms with Gasteiger partial charge in [-0.25, -0.2) is 9.37 Å². The number of imidazole rings is 1. The summed E-state index contributed by atoms with van der Waals surface area (Å²) in [6, 6.07) is 0. The molecule has 2 aromatic heterocycles. The summed E-state index contributed by atoms with van der Waals surface area (Å²) in [5.41, 5.74) is 5.58. The Morgan fingerprint density at radius 1 is 1.50 bits per heavy atom. The van der Waals surface area contributed by atoms with Gasteiger partial charge in [0.1, 0.15) is 18.3 Å². The third kappa shape index (κ3) is 2.16. The predicted octanol–water partition coefficient (Wildman–Crippen LogP) is -1.83. The van der Waals surface area contributed by atoms with Gasteiger partial charge in [-0.15, -0.1) is 0 Å². The molecule has 3 rings (SSSR count). The minimum atomic E-state index is -1.65. The van der Waals surface area contributed by atoms with Crippen LogP contribution in [0, 0.1) is 0 Å². The first-order chi connectivity index (χ1) is 10.4. The van der Waals surface area contributed by atoms with E-state index in [0.717, 1.165) is 4.57 Å². The van der Waals surface area contributed by atoms with Crippen LogP contribution in [0.4, 0.5) is 10.3 Å². The van der Waals surface area contributed by atoms with Crippen LogP contribution in [0.2, 0.25) is 0 Å². The number of ether oxygens (including phenoxy) is 1. The van der Waals surface area contributed by atoms with Gasteiger partial charge in [-0.2, -0.15) is 4.98 Å². The summed E-state index contributed by atoms with van der Waals surface area (Å²) in [4.78, 5) is 20.0. The molecule has 120 valence electrons. The summed E-state index contributed by atoms with van der Waals surface area (Å²) < 4.78 is 21.9. The average molecular weight is 313 g/mol. The molecular weight excluding hydrogens is 297 g/mol. The maximum atomic E-state index is 14.0. The predicted molar refractivity (Wildman–Crippen MR) is 73.8 cm³/mol. The highest BCUT2D eigenvalue weighted by Crippen LogP contribution is 2.25. The molecule has 1 fully saturated rings. The zero-order valence-corrected chi connectivity index (χ0v) is 11.8. The van der Waals surface area contributed by atoms with Gasteiger partial charge in [0.05, 0.1) is 19.5 Å². The molecule has 2 aromatic rings. The summed E-state index contributed by atoms with van der Waals surface area (Å²) >= 11 is 0. The molecule has 0 bridgehead atoms. The molecule has 1 aliphatic rings. The number of aromatic nitrogens is 4. The van der Waals surface area contributed by atoms with Crippen LogP contribution in [-0.4, -0.2) is 60.4 Å². The number of hydrogen-bond acceptors (Lipinski definition) is 7. The van der Waals surface area contributed by atoms with Crippen LogP contribution >= 0.6 is 0 Å². The first-order valence-electron chi connectivity index (χ1n) is 6.69. The van der Waals surface area contributed by atoms with Crippen LogP contribution in [0.15, 0.2) is 11.1 Å².